The van der Waals surface area contributed by atoms with Gasteiger partial charge in [0.05, 0.1) is 19.3 Å². The summed E-state index contributed by atoms with van der Waals surface area (Å²) in [6, 6.07) is 2.15. The number of piperidine rings is 1. The number of anilines is 1. The average Bonchev–Trinajstić information content (AvgIpc) is 2.85. The molecule has 2 aliphatic rings. The number of methoxy groups -OCH3 is 1. The number of hydrogen-bond donors (Lipinski definition) is 2. The van der Waals surface area contributed by atoms with Crippen LogP contribution in [0.5, 0.6) is 5.88 Å². The Morgan fingerprint density at radius 2 is 2.11 bits per heavy atom. The van der Waals surface area contributed by atoms with Crippen LogP contribution >= 0.6 is 0 Å². The highest BCUT2D eigenvalue weighted by molar-refractivity contribution is 5.73. The number of carbonyl (C=O) groups excluding carboxylic acids is 1. The maximum atomic E-state index is 11.8. The molecule has 1 aromatic rings. The lowest BCUT2D eigenvalue weighted by Gasteiger charge is -2.39. The molecule has 1 atom stereocenters. The van der Waals surface area contributed by atoms with Crippen LogP contribution in [0.15, 0.2) is 12.4 Å². The van der Waals surface area contributed by atoms with E-state index in [2.05, 4.69) is 20.2 Å². The zero-order chi connectivity index (χ0) is 19.3. The number of aliphatic hydroxyl groups is 1. The Morgan fingerprint density at radius 1 is 1.33 bits per heavy atom. The predicted octanol–water partition coefficient (Wildman–Crippen LogP) is 1.12. The number of amides is 1. The molecule has 8 heteroatoms. The number of likely N-dealkylation sites (tertiary alicyclic amines) is 2. The molecule has 1 amide bonds. The summed E-state index contributed by atoms with van der Waals surface area (Å²) in [5, 5.41) is 14.5. The molecule has 0 bridgehead atoms. The Morgan fingerprint density at radius 3 is 2.81 bits per heavy atom. The largest absolute Gasteiger partial charge is 0.481 e. The molecule has 27 heavy (non-hydrogen) atoms. The third-order valence-electron chi connectivity index (χ3n) is 5.56. The van der Waals surface area contributed by atoms with Gasteiger partial charge in [0, 0.05) is 45.2 Å². The van der Waals surface area contributed by atoms with Crippen LogP contribution in [-0.2, 0) is 4.79 Å². The Hall–Kier alpha value is -1.93. The minimum Gasteiger partial charge on any atom is -0.481 e. The van der Waals surface area contributed by atoms with E-state index < -0.39 is 5.60 Å². The molecule has 3 heterocycles. The van der Waals surface area contributed by atoms with Crippen molar-refractivity contribution in [2.45, 2.75) is 50.7 Å². The minimum absolute atomic E-state index is 0.0542. The zero-order valence-electron chi connectivity index (χ0n) is 16.4. The van der Waals surface area contributed by atoms with E-state index in [1.165, 1.54) is 6.33 Å². The third-order valence-corrected chi connectivity index (χ3v) is 5.56. The summed E-state index contributed by atoms with van der Waals surface area (Å²) in [5.41, 5.74) is -0.803. The van der Waals surface area contributed by atoms with Crippen LogP contribution in [-0.4, -0.2) is 82.3 Å². The molecular formula is C19H31N5O3. The summed E-state index contributed by atoms with van der Waals surface area (Å²) in [7, 11) is 1.59. The van der Waals surface area contributed by atoms with Crippen molar-refractivity contribution in [1.29, 1.82) is 0 Å². The van der Waals surface area contributed by atoms with E-state index in [-0.39, 0.29) is 5.91 Å². The number of ether oxygens (including phenoxy) is 1. The van der Waals surface area contributed by atoms with Crippen LogP contribution in [0.1, 0.15) is 39.0 Å². The molecule has 2 N–H and O–H groups in total. The molecule has 3 rings (SSSR count). The molecule has 0 spiro atoms. The monoisotopic (exact) mass is 377 g/mol. The second-order valence-electron chi connectivity index (χ2n) is 7.76. The normalized spacial score (nSPS) is 25.1. The topological polar surface area (TPSA) is 90.8 Å². The van der Waals surface area contributed by atoms with Crippen LogP contribution < -0.4 is 10.1 Å². The van der Waals surface area contributed by atoms with Crippen molar-refractivity contribution in [3.63, 3.8) is 0 Å². The number of rotatable bonds is 5. The van der Waals surface area contributed by atoms with Crippen LogP contribution in [0.3, 0.4) is 0 Å². The van der Waals surface area contributed by atoms with Gasteiger partial charge in [-0.25, -0.2) is 9.97 Å². The van der Waals surface area contributed by atoms with Gasteiger partial charge in [0.15, 0.2) is 0 Å². The maximum absolute atomic E-state index is 11.8. The van der Waals surface area contributed by atoms with Crippen LogP contribution in [0, 0.1) is 0 Å². The van der Waals surface area contributed by atoms with Gasteiger partial charge in [-0.15, -0.1) is 0 Å². The highest BCUT2D eigenvalue weighted by Crippen LogP contribution is 2.24. The van der Waals surface area contributed by atoms with E-state index in [0.29, 0.717) is 25.0 Å². The fraction of sp³-hybridized carbons (Fsp3) is 0.737. The minimum atomic E-state index is -0.803. The van der Waals surface area contributed by atoms with Crippen molar-refractivity contribution in [1.82, 2.24) is 19.8 Å². The molecule has 0 aromatic carbocycles. The summed E-state index contributed by atoms with van der Waals surface area (Å²) < 4.78 is 5.14. The van der Waals surface area contributed by atoms with Gasteiger partial charge < -0.3 is 25.0 Å². The van der Waals surface area contributed by atoms with E-state index in [4.69, 9.17) is 4.74 Å². The van der Waals surface area contributed by atoms with Gasteiger partial charge in [-0.05, 0) is 32.1 Å². The van der Waals surface area contributed by atoms with Crippen LogP contribution in [0.25, 0.3) is 0 Å². The van der Waals surface area contributed by atoms with Crippen molar-refractivity contribution in [3.05, 3.63) is 12.4 Å². The molecular weight excluding hydrogens is 346 g/mol. The predicted molar refractivity (Wildman–Crippen MR) is 103 cm³/mol. The zero-order valence-corrected chi connectivity index (χ0v) is 16.4. The molecule has 8 nitrogen and oxygen atoms in total. The Kier molecular flexibility index (Phi) is 6.49. The first kappa shape index (κ1) is 19.8. The quantitative estimate of drug-likeness (QED) is 0.795. The third kappa shape index (κ3) is 5.52. The summed E-state index contributed by atoms with van der Waals surface area (Å²) in [5.74, 6) is 1.38. The molecule has 0 aliphatic carbocycles. The molecule has 1 unspecified atom stereocenters. The van der Waals surface area contributed by atoms with Crippen molar-refractivity contribution in [2.75, 3.05) is 45.2 Å². The maximum Gasteiger partial charge on any atom is 0.219 e. The summed E-state index contributed by atoms with van der Waals surface area (Å²) in [6.45, 7) is 5.26. The first-order valence-corrected chi connectivity index (χ1v) is 9.80. The average molecular weight is 377 g/mol. The van der Waals surface area contributed by atoms with Crippen LogP contribution in [0.4, 0.5) is 5.82 Å². The Labute approximate surface area is 160 Å². The molecule has 2 saturated heterocycles. The first-order chi connectivity index (χ1) is 13.0. The summed E-state index contributed by atoms with van der Waals surface area (Å²) in [4.78, 5) is 24.2. The SMILES string of the molecule is COc1cc(NC2CCN(CC3(O)CCCCN(C(C)=O)C3)CC2)ncn1. The fourth-order valence-corrected chi connectivity index (χ4v) is 4.06. The van der Waals surface area contributed by atoms with Crippen molar-refractivity contribution in [2.24, 2.45) is 0 Å². The number of nitrogens with one attached hydrogen (secondary N) is 1. The van der Waals surface area contributed by atoms with Crippen molar-refractivity contribution >= 4 is 11.7 Å². The smallest absolute Gasteiger partial charge is 0.219 e. The van der Waals surface area contributed by atoms with E-state index in [1.807, 2.05) is 0 Å². The Bertz CT molecular complexity index is 636. The summed E-state index contributed by atoms with van der Waals surface area (Å²) >= 11 is 0. The van der Waals surface area contributed by atoms with Crippen molar-refractivity contribution in [3.8, 4) is 5.88 Å². The van der Waals surface area contributed by atoms with Gasteiger partial charge in [-0.1, -0.05) is 0 Å². The summed E-state index contributed by atoms with van der Waals surface area (Å²) in [6.07, 6.45) is 6.16. The lowest BCUT2D eigenvalue weighted by Crippen LogP contribution is -2.53. The van der Waals surface area contributed by atoms with Crippen LogP contribution in [0.2, 0.25) is 0 Å². The van der Waals surface area contributed by atoms with Gasteiger partial charge in [-0.3, -0.25) is 4.79 Å². The van der Waals surface area contributed by atoms with E-state index in [1.54, 1.807) is 25.0 Å². The molecule has 0 saturated carbocycles. The van der Waals surface area contributed by atoms with E-state index in [9.17, 15) is 9.90 Å². The molecule has 0 radical (unpaired) electrons. The standard InChI is InChI=1S/C19H31N5O3/c1-15(25)24-8-4-3-7-19(26,13-24)12-23-9-5-16(6-10-23)22-17-11-18(27-2)21-14-20-17/h11,14,16,26H,3-10,12-13H2,1-2H3,(H,20,21,22). The van der Waals surface area contributed by atoms with Gasteiger partial charge in [-0.2, -0.15) is 0 Å². The lowest BCUT2D eigenvalue weighted by molar-refractivity contribution is -0.132. The van der Waals surface area contributed by atoms with Crippen molar-refractivity contribution < 1.29 is 14.6 Å². The second-order valence-corrected chi connectivity index (χ2v) is 7.76. The molecule has 150 valence electrons. The van der Waals surface area contributed by atoms with Gasteiger partial charge >= 0.3 is 0 Å². The number of hydrogen-bond acceptors (Lipinski definition) is 7. The molecule has 1 aromatic heterocycles. The van der Waals surface area contributed by atoms with Gasteiger partial charge in [0.25, 0.3) is 0 Å². The number of carbonyl (C=O) groups is 1. The van der Waals surface area contributed by atoms with Gasteiger partial charge in [0.2, 0.25) is 11.8 Å². The number of β-amino-alcohol motifs (C(OH)–C–C–N with tert-alkyl or cyclic N) is 1. The number of aromatic nitrogens is 2. The molecule has 2 aliphatic heterocycles. The van der Waals surface area contributed by atoms with Gasteiger partial charge in [0.1, 0.15) is 12.1 Å². The fourth-order valence-electron chi connectivity index (χ4n) is 4.06. The van der Waals surface area contributed by atoms with E-state index >= 15 is 0 Å². The molecule has 2 fully saturated rings. The highest BCUT2D eigenvalue weighted by atomic mass is 16.5. The van der Waals surface area contributed by atoms with E-state index in [0.717, 1.165) is 57.6 Å². The second kappa shape index (κ2) is 8.84. The lowest BCUT2D eigenvalue weighted by atomic mass is 9.95. The first-order valence-electron chi connectivity index (χ1n) is 9.80. The Balaban J connectivity index is 1.50. The highest BCUT2D eigenvalue weighted by Gasteiger charge is 2.35. The number of nitrogens with zero attached hydrogens (tertiary/aromatic N) is 4.